The van der Waals surface area contributed by atoms with Crippen LogP contribution in [0.1, 0.15) is 16.7 Å². The molecular weight excluding hydrogens is 338 g/mol. The van der Waals surface area contributed by atoms with Crippen molar-refractivity contribution in [2.24, 2.45) is 0 Å². The van der Waals surface area contributed by atoms with Gasteiger partial charge < -0.3 is 19.5 Å². The van der Waals surface area contributed by atoms with Gasteiger partial charge in [0.1, 0.15) is 12.4 Å². The Morgan fingerprint density at radius 1 is 0.667 bits per heavy atom. The first-order chi connectivity index (χ1) is 13.3. The number of hydrogen-bond donors (Lipinski definition) is 1. The van der Waals surface area contributed by atoms with Crippen molar-refractivity contribution >= 4 is 0 Å². The average Bonchev–Trinajstić information content (AvgIpc) is 2.73. The van der Waals surface area contributed by atoms with Gasteiger partial charge in [-0.2, -0.15) is 0 Å². The minimum atomic E-state index is 0.514. The Balaban J connectivity index is 1.58. The molecule has 1 N–H and O–H groups in total. The van der Waals surface area contributed by atoms with E-state index in [1.165, 1.54) is 5.56 Å². The lowest BCUT2D eigenvalue weighted by atomic mass is 10.1. The maximum Gasteiger partial charge on any atom is 0.161 e. The predicted octanol–water partition coefficient (Wildman–Crippen LogP) is 4.57. The number of hydrogen-bond acceptors (Lipinski definition) is 4. The number of methoxy groups -OCH3 is 2. The van der Waals surface area contributed by atoms with E-state index in [-0.39, 0.29) is 0 Å². The molecule has 3 aromatic carbocycles. The topological polar surface area (TPSA) is 39.7 Å². The normalized spacial score (nSPS) is 10.4. The smallest absolute Gasteiger partial charge is 0.161 e. The summed E-state index contributed by atoms with van der Waals surface area (Å²) >= 11 is 0. The van der Waals surface area contributed by atoms with Gasteiger partial charge in [0.15, 0.2) is 11.5 Å². The molecule has 4 nitrogen and oxygen atoms in total. The molecule has 3 aromatic rings. The van der Waals surface area contributed by atoms with E-state index < -0.39 is 0 Å². The summed E-state index contributed by atoms with van der Waals surface area (Å²) in [6.07, 6.45) is 0. The summed E-state index contributed by atoms with van der Waals surface area (Å²) < 4.78 is 16.6. The van der Waals surface area contributed by atoms with Crippen molar-refractivity contribution in [2.45, 2.75) is 19.7 Å². The minimum absolute atomic E-state index is 0.514. The molecule has 0 aromatic heterocycles. The fourth-order valence-corrected chi connectivity index (χ4v) is 2.77. The summed E-state index contributed by atoms with van der Waals surface area (Å²) in [6.45, 7) is 2.05. The van der Waals surface area contributed by atoms with E-state index in [1.54, 1.807) is 14.2 Å². The zero-order chi connectivity index (χ0) is 18.9. The van der Waals surface area contributed by atoms with Gasteiger partial charge in [0, 0.05) is 13.1 Å². The molecule has 0 saturated heterocycles. The van der Waals surface area contributed by atoms with Gasteiger partial charge >= 0.3 is 0 Å². The molecule has 0 atom stereocenters. The molecule has 0 bridgehead atoms. The number of rotatable bonds is 9. The lowest BCUT2D eigenvalue weighted by Crippen LogP contribution is -2.12. The lowest BCUT2D eigenvalue weighted by molar-refractivity contribution is 0.284. The fourth-order valence-electron chi connectivity index (χ4n) is 2.77. The van der Waals surface area contributed by atoms with Gasteiger partial charge in [-0.15, -0.1) is 0 Å². The zero-order valence-electron chi connectivity index (χ0n) is 15.8. The molecule has 0 saturated carbocycles. The zero-order valence-corrected chi connectivity index (χ0v) is 15.8. The van der Waals surface area contributed by atoms with Crippen LogP contribution in [0.3, 0.4) is 0 Å². The first-order valence-corrected chi connectivity index (χ1v) is 8.96. The molecule has 0 aliphatic rings. The Bertz CT molecular complexity index is 832. The summed E-state index contributed by atoms with van der Waals surface area (Å²) in [4.78, 5) is 0. The Hall–Kier alpha value is -2.98. The van der Waals surface area contributed by atoms with Crippen LogP contribution in [0.15, 0.2) is 72.8 Å². The summed E-state index contributed by atoms with van der Waals surface area (Å²) in [5, 5.41) is 3.46. The van der Waals surface area contributed by atoms with Crippen LogP contribution in [0.4, 0.5) is 0 Å². The maximum atomic E-state index is 5.98. The number of ether oxygens (including phenoxy) is 3. The molecular formula is C23H25NO3. The molecule has 0 radical (unpaired) electrons. The molecule has 0 heterocycles. The van der Waals surface area contributed by atoms with E-state index in [2.05, 4.69) is 23.5 Å². The van der Waals surface area contributed by atoms with Crippen LogP contribution < -0.4 is 19.5 Å². The molecule has 0 unspecified atom stereocenters. The Morgan fingerprint density at radius 3 is 2.07 bits per heavy atom. The number of benzene rings is 3. The molecule has 0 aliphatic heterocycles. The monoisotopic (exact) mass is 363 g/mol. The van der Waals surface area contributed by atoms with Gasteiger partial charge in [-0.1, -0.05) is 48.5 Å². The second-order valence-electron chi connectivity index (χ2n) is 6.21. The molecule has 0 fully saturated rings. The van der Waals surface area contributed by atoms with Crippen molar-refractivity contribution < 1.29 is 14.2 Å². The van der Waals surface area contributed by atoms with E-state index in [0.717, 1.165) is 41.5 Å². The molecule has 4 heteroatoms. The van der Waals surface area contributed by atoms with E-state index in [4.69, 9.17) is 14.2 Å². The van der Waals surface area contributed by atoms with Crippen LogP contribution in [0, 0.1) is 0 Å². The summed E-state index contributed by atoms with van der Waals surface area (Å²) in [6, 6.07) is 24.2. The first kappa shape index (κ1) is 18.8. The van der Waals surface area contributed by atoms with Gasteiger partial charge in [0.25, 0.3) is 0 Å². The highest BCUT2D eigenvalue weighted by molar-refractivity contribution is 5.43. The van der Waals surface area contributed by atoms with Crippen LogP contribution in [0.5, 0.6) is 17.2 Å². The van der Waals surface area contributed by atoms with E-state index >= 15 is 0 Å². The highest BCUT2D eigenvalue weighted by Crippen LogP contribution is 2.29. The van der Waals surface area contributed by atoms with Gasteiger partial charge in [-0.3, -0.25) is 0 Å². The highest BCUT2D eigenvalue weighted by Gasteiger charge is 2.06. The van der Waals surface area contributed by atoms with Crippen LogP contribution >= 0.6 is 0 Å². The quantitative estimate of drug-likeness (QED) is 0.604. The van der Waals surface area contributed by atoms with E-state index in [0.29, 0.717) is 6.61 Å². The number of nitrogens with one attached hydrogen (secondary N) is 1. The third kappa shape index (κ3) is 5.50. The summed E-state index contributed by atoms with van der Waals surface area (Å²) in [5.41, 5.74) is 3.49. The van der Waals surface area contributed by atoms with Gasteiger partial charge in [0.05, 0.1) is 14.2 Å². The van der Waals surface area contributed by atoms with Crippen molar-refractivity contribution in [3.05, 3.63) is 89.5 Å². The van der Waals surface area contributed by atoms with Gasteiger partial charge in [-0.05, 0) is 41.0 Å². The highest BCUT2D eigenvalue weighted by atomic mass is 16.5. The van der Waals surface area contributed by atoms with Crippen LogP contribution in [-0.4, -0.2) is 14.2 Å². The Labute approximate surface area is 160 Å². The largest absolute Gasteiger partial charge is 0.497 e. The van der Waals surface area contributed by atoms with Gasteiger partial charge in [0.2, 0.25) is 0 Å². The van der Waals surface area contributed by atoms with Crippen molar-refractivity contribution in [1.29, 1.82) is 0 Å². The Kier molecular flexibility index (Phi) is 6.72. The van der Waals surface area contributed by atoms with Gasteiger partial charge in [-0.25, -0.2) is 0 Å². The third-order valence-corrected chi connectivity index (χ3v) is 4.28. The Morgan fingerprint density at radius 2 is 1.37 bits per heavy atom. The van der Waals surface area contributed by atoms with Crippen LogP contribution in [-0.2, 0) is 19.7 Å². The SMILES string of the molecule is COc1ccc(CNCc2ccc(OC)c(OCc3ccccc3)c2)cc1. The minimum Gasteiger partial charge on any atom is -0.497 e. The maximum absolute atomic E-state index is 5.98. The van der Waals surface area contributed by atoms with E-state index in [9.17, 15) is 0 Å². The standard InChI is InChI=1S/C23H25NO3/c1-25-21-11-8-18(9-12-21)15-24-16-20-10-13-22(26-2)23(14-20)27-17-19-6-4-3-5-7-19/h3-14,24H,15-17H2,1-2H3. The lowest BCUT2D eigenvalue weighted by Gasteiger charge is -2.13. The van der Waals surface area contributed by atoms with Crippen molar-refractivity contribution in [3.63, 3.8) is 0 Å². The second-order valence-corrected chi connectivity index (χ2v) is 6.21. The molecule has 0 spiro atoms. The van der Waals surface area contributed by atoms with Crippen LogP contribution in [0.2, 0.25) is 0 Å². The van der Waals surface area contributed by atoms with Crippen LogP contribution in [0.25, 0.3) is 0 Å². The van der Waals surface area contributed by atoms with Crippen molar-refractivity contribution in [1.82, 2.24) is 5.32 Å². The summed E-state index contributed by atoms with van der Waals surface area (Å²) in [5.74, 6) is 2.36. The predicted molar refractivity (Wildman–Crippen MR) is 107 cm³/mol. The first-order valence-electron chi connectivity index (χ1n) is 8.96. The molecule has 27 heavy (non-hydrogen) atoms. The third-order valence-electron chi connectivity index (χ3n) is 4.28. The van der Waals surface area contributed by atoms with Crippen molar-refractivity contribution in [2.75, 3.05) is 14.2 Å². The molecule has 0 aliphatic carbocycles. The molecule has 0 amide bonds. The molecule has 140 valence electrons. The second kappa shape index (κ2) is 9.64. The summed E-state index contributed by atoms with van der Waals surface area (Å²) in [7, 11) is 3.33. The fraction of sp³-hybridized carbons (Fsp3) is 0.217. The van der Waals surface area contributed by atoms with Crippen molar-refractivity contribution in [3.8, 4) is 17.2 Å². The average molecular weight is 363 g/mol. The molecule has 3 rings (SSSR count). The van der Waals surface area contributed by atoms with E-state index in [1.807, 2.05) is 54.6 Å².